The molecule has 0 aromatic rings. The maximum Gasteiger partial charge on any atom is 0.316 e. The molecule has 6 heteroatoms. The van der Waals surface area contributed by atoms with Crippen molar-refractivity contribution in [1.29, 1.82) is 0 Å². The van der Waals surface area contributed by atoms with E-state index in [-0.39, 0.29) is 29.3 Å². The van der Waals surface area contributed by atoms with Crippen LogP contribution >= 0.6 is 0 Å². The van der Waals surface area contributed by atoms with Gasteiger partial charge in [-0.2, -0.15) is 0 Å². The van der Waals surface area contributed by atoms with Crippen molar-refractivity contribution in [3.63, 3.8) is 0 Å². The van der Waals surface area contributed by atoms with Crippen LogP contribution in [0.4, 0.5) is 9.59 Å². The second-order valence-corrected chi connectivity index (χ2v) is 9.49. The Kier molecular flexibility index (Phi) is 8.90. The van der Waals surface area contributed by atoms with Crippen LogP contribution < -0.4 is 21.3 Å². The summed E-state index contributed by atoms with van der Waals surface area (Å²) in [4.78, 5) is 25.2. The lowest BCUT2D eigenvalue weighted by Crippen LogP contribution is -2.59. The molecule has 0 saturated heterocycles. The van der Waals surface area contributed by atoms with Gasteiger partial charge in [-0.1, -0.05) is 58.3 Å². The lowest BCUT2D eigenvalue weighted by molar-refractivity contribution is 0.196. The second kappa shape index (κ2) is 10.9. The van der Waals surface area contributed by atoms with Crippen LogP contribution in [-0.4, -0.2) is 29.3 Å². The molecule has 0 aromatic heterocycles. The Hall–Kier alpha value is -1.46. The third-order valence-electron chi connectivity index (χ3n) is 6.45. The van der Waals surface area contributed by atoms with Crippen molar-refractivity contribution >= 4 is 12.1 Å². The molecular weight excluding hydrogens is 352 g/mol. The summed E-state index contributed by atoms with van der Waals surface area (Å²) in [5, 5.41) is 12.3. The van der Waals surface area contributed by atoms with E-state index in [1.54, 1.807) is 0 Å². The molecule has 2 rings (SSSR count). The minimum Gasteiger partial charge on any atom is -0.333 e. The first-order valence-corrected chi connectivity index (χ1v) is 11.5. The zero-order valence-corrected chi connectivity index (χ0v) is 18.3. The molecule has 6 nitrogen and oxygen atoms in total. The summed E-state index contributed by atoms with van der Waals surface area (Å²) in [5.74, 6) is 0. The van der Waals surface area contributed by atoms with Crippen LogP contribution in [0.5, 0.6) is 0 Å². The summed E-state index contributed by atoms with van der Waals surface area (Å²) in [6.07, 6.45) is 14.8. The Bertz CT molecular complexity index is 457. The molecule has 4 N–H and O–H groups in total. The number of carbonyl (C=O) groups is 2. The standard InChI is InChI=1S/C22H42N4O2/c1-4-5-8-13-18(23-19(27)25-21(2)14-9-6-10-15-21)24-20(28)26-22(3)16-11-7-12-17-22/h18H,4-17H2,1-3H3,(H2,23,25,27)(H2,24,26,28). The van der Waals surface area contributed by atoms with E-state index >= 15 is 0 Å². The fourth-order valence-electron chi connectivity index (χ4n) is 4.63. The number of hydrogen-bond acceptors (Lipinski definition) is 2. The number of amides is 4. The van der Waals surface area contributed by atoms with Crippen molar-refractivity contribution in [2.45, 2.75) is 128 Å². The van der Waals surface area contributed by atoms with E-state index in [1.807, 2.05) is 0 Å². The molecule has 2 aliphatic rings. The monoisotopic (exact) mass is 394 g/mol. The van der Waals surface area contributed by atoms with E-state index in [2.05, 4.69) is 42.0 Å². The zero-order chi connectivity index (χ0) is 20.5. The van der Waals surface area contributed by atoms with Gasteiger partial charge < -0.3 is 21.3 Å². The van der Waals surface area contributed by atoms with Gasteiger partial charge in [-0.15, -0.1) is 0 Å². The van der Waals surface area contributed by atoms with Gasteiger partial charge in [-0.25, -0.2) is 9.59 Å². The fourth-order valence-corrected chi connectivity index (χ4v) is 4.63. The average molecular weight is 395 g/mol. The lowest BCUT2D eigenvalue weighted by Gasteiger charge is -2.36. The first-order chi connectivity index (χ1) is 13.3. The van der Waals surface area contributed by atoms with E-state index in [9.17, 15) is 9.59 Å². The minimum absolute atomic E-state index is 0.131. The van der Waals surface area contributed by atoms with Crippen LogP contribution in [0, 0.1) is 0 Å². The lowest BCUT2D eigenvalue weighted by atomic mass is 9.83. The molecule has 4 amide bonds. The number of hydrogen-bond donors (Lipinski definition) is 4. The quantitative estimate of drug-likeness (QED) is 0.347. The first kappa shape index (κ1) is 22.8. The van der Waals surface area contributed by atoms with Crippen molar-refractivity contribution in [2.75, 3.05) is 0 Å². The molecule has 28 heavy (non-hydrogen) atoms. The molecule has 0 heterocycles. The van der Waals surface area contributed by atoms with Gasteiger partial charge in [-0.05, 0) is 52.4 Å². The molecule has 162 valence electrons. The molecular formula is C22H42N4O2. The number of nitrogens with one attached hydrogen (secondary N) is 4. The predicted molar refractivity (Wildman–Crippen MR) is 114 cm³/mol. The molecule has 0 bridgehead atoms. The Morgan fingerprint density at radius 2 is 1.18 bits per heavy atom. The Balaban J connectivity index is 1.86. The summed E-state index contributed by atoms with van der Waals surface area (Å²) in [5.41, 5.74) is -0.262. The fraction of sp³-hybridized carbons (Fsp3) is 0.909. The highest BCUT2D eigenvalue weighted by Crippen LogP contribution is 2.28. The predicted octanol–water partition coefficient (Wildman–Crippen LogP) is 4.94. The number of unbranched alkanes of at least 4 members (excludes halogenated alkanes) is 2. The third kappa shape index (κ3) is 7.88. The molecule has 0 spiro atoms. The van der Waals surface area contributed by atoms with Crippen LogP contribution in [0.2, 0.25) is 0 Å². The highest BCUT2D eigenvalue weighted by Gasteiger charge is 2.31. The van der Waals surface area contributed by atoms with Gasteiger partial charge in [0.15, 0.2) is 0 Å². The minimum atomic E-state index is -0.342. The van der Waals surface area contributed by atoms with Gasteiger partial charge >= 0.3 is 12.1 Å². The van der Waals surface area contributed by atoms with E-state index in [0.717, 1.165) is 77.0 Å². The highest BCUT2D eigenvalue weighted by atomic mass is 16.2. The molecule has 2 saturated carbocycles. The van der Waals surface area contributed by atoms with Crippen LogP contribution in [0.1, 0.15) is 111 Å². The maximum absolute atomic E-state index is 12.6. The molecule has 0 unspecified atom stereocenters. The SMILES string of the molecule is CCCCCC(NC(=O)NC1(C)CCCCC1)NC(=O)NC1(C)CCCCC1. The summed E-state index contributed by atoms with van der Waals surface area (Å²) >= 11 is 0. The van der Waals surface area contributed by atoms with Crippen molar-refractivity contribution in [3.05, 3.63) is 0 Å². The molecule has 0 atom stereocenters. The summed E-state index contributed by atoms with van der Waals surface area (Å²) in [6.45, 7) is 6.41. The Labute approximate surface area is 171 Å². The average Bonchev–Trinajstić information content (AvgIpc) is 2.62. The second-order valence-electron chi connectivity index (χ2n) is 9.49. The normalized spacial score (nSPS) is 21.0. The van der Waals surface area contributed by atoms with E-state index in [4.69, 9.17) is 0 Å². The van der Waals surface area contributed by atoms with Crippen molar-refractivity contribution in [3.8, 4) is 0 Å². The summed E-state index contributed by atoms with van der Waals surface area (Å²) < 4.78 is 0. The van der Waals surface area contributed by atoms with E-state index in [0.29, 0.717) is 0 Å². The molecule has 0 aliphatic heterocycles. The van der Waals surface area contributed by atoms with Gasteiger partial charge in [0.1, 0.15) is 6.17 Å². The van der Waals surface area contributed by atoms with Crippen LogP contribution in [0.25, 0.3) is 0 Å². The maximum atomic E-state index is 12.6. The van der Waals surface area contributed by atoms with E-state index in [1.165, 1.54) is 12.8 Å². The van der Waals surface area contributed by atoms with Crippen LogP contribution in [0.15, 0.2) is 0 Å². The summed E-state index contributed by atoms with van der Waals surface area (Å²) in [7, 11) is 0. The van der Waals surface area contributed by atoms with Crippen LogP contribution in [0.3, 0.4) is 0 Å². The van der Waals surface area contributed by atoms with Gasteiger partial charge in [0.05, 0.1) is 0 Å². The smallest absolute Gasteiger partial charge is 0.316 e. The Morgan fingerprint density at radius 3 is 1.57 bits per heavy atom. The van der Waals surface area contributed by atoms with Crippen molar-refractivity contribution < 1.29 is 9.59 Å². The first-order valence-electron chi connectivity index (χ1n) is 11.5. The van der Waals surface area contributed by atoms with Crippen molar-refractivity contribution in [2.24, 2.45) is 0 Å². The van der Waals surface area contributed by atoms with Gasteiger partial charge in [-0.3, -0.25) is 0 Å². The number of urea groups is 2. The number of carbonyl (C=O) groups excluding carboxylic acids is 2. The number of rotatable bonds is 8. The third-order valence-corrected chi connectivity index (χ3v) is 6.45. The van der Waals surface area contributed by atoms with Crippen molar-refractivity contribution in [1.82, 2.24) is 21.3 Å². The van der Waals surface area contributed by atoms with Gasteiger partial charge in [0.25, 0.3) is 0 Å². The van der Waals surface area contributed by atoms with Gasteiger partial charge in [0.2, 0.25) is 0 Å². The molecule has 0 radical (unpaired) electrons. The van der Waals surface area contributed by atoms with Gasteiger partial charge in [0, 0.05) is 11.1 Å². The molecule has 2 aliphatic carbocycles. The van der Waals surface area contributed by atoms with Crippen LogP contribution in [-0.2, 0) is 0 Å². The molecule has 0 aromatic carbocycles. The topological polar surface area (TPSA) is 82.3 Å². The molecule has 2 fully saturated rings. The Morgan fingerprint density at radius 1 is 0.750 bits per heavy atom. The largest absolute Gasteiger partial charge is 0.333 e. The summed E-state index contributed by atoms with van der Waals surface area (Å²) in [6, 6.07) is -0.342. The van der Waals surface area contributed by atoms with E-state index < -0.39 is 0 Å². The zero-order valence-electron chi connectivity index (χ0n) is 18.3. The highest BCUT2D eigenvalue weighted by molar-refractivity contribution is 5.78.